The third-order valence-electron chi connectivity index (χ3n) is 5.32. The Balaban J connectivity index is 1.49. The fourth-order valence-electron chi connectivity index (χ4n) is 3.49. The van der Waals surface area contributed by atoms with E-state index in [1.54, 1.807) is 12.1 Å². The molecular weight excluding hydrogens is 392 g/mol. The third kappa shape index (κ3) is 4.45. The molecule has 1 atom stereocenters. The summed E-state index contributed by atoms with van der Waals surface area (Å²) in [4.78, 5) is 21.0. The first-order chi connectivity index (χ1) is 14.9. The maximum Gasteiger partial charge on any atom is 0.252 e. The molecule has 0 aliphatic rings. The van der Waals surface area contributed by atoms with E-state index in [2.05, 4.69) is 34.3 Å². The lowest BCUT2D eigenvalue weighted by atomic mass is 10.0. The highest BCUT2D eigenvalue weighted by Crippen LogP contribution is 2.24. The summed E-state index contributed by atoms with van der Waals surface area (Å²) in [6.07, 6.45) is 0. The monoisotopic (exact) mass is 418 g/mol. The first-order valence-corrected chi connectivity index (χ1v) is 10.3. The Kier molecular flexibility index (Phi) is 5.75. The van der Waals surface area contributed by atoms with Crippen LogP contribution in [0.2, 0.25) is 0 Å². The van der Waals surface area contributed by atoms with Crippen molar-refractivity contribution >= 4 is 16.9 Å². The fourth-order valence-corrected chi connectivity index (χ4v) is 3.49. The Morgan fingerprint density at radius 3 is 2.68 bits per heavy atom. The molecule has 7 heteroatoms. The van der Waals surface area contributed by atoms with Gasteiger partial charge in [0.1, 0.15) is 23.9 Å². The second-order valence-corrected chi connectivity index (χ2v) is 7.95. The molecule has 2 aromatic carbocycles. The van der Waals surface area contributed by atoms with Crippen LogP contribution in [0, 0.1) is 19.8 Å². The third-order valence-corrected chi connectivity index (χ3v) is 5.32. The van der Waals surface area contributed by atoms with Crippen LogP contribution in [0.1, 0.15) is 53.1 Å². The maximum atomic E-state index is 13.0. The van der Waals surface area contributed by atoms with Crippen LogP contribution in [-0.2, 0) is 6.61 Å². The number of hydrogen-bond donors (Lipinski definition) is 2. The van der Waals surface area contributed by atoms with Gasteiger partial charge in [-0.25, -0.2) is 4.98 Å². The Morgan fingerprint density at radius 1 is 1.16 bits per heavy atom. The quantitative estimate of drug-likeness (QED) is 0.446. The number of aryl methyl sites for hydroxylation is 2. The number of para-hydroxylation sites is 2. The summed E-state index contributed by atoms with van der Waals surface area (Å²) in [5.74, 6) is 2.07. The van der Waals surface area contributed by atoms with Crippen LogP contribution in [0.15, 0.2) is 53.1 Å². The van der Waals surface area contributed by atoms with Crippen molar-refractivity contribution in [2.24, 2.45) is 5.92 Å². The molecule has 0 saturated heterocycles. The molecule has 0 saturated carbocycles. The molecule has 4 rings (SSSR count). The van der Waals surface area contributed by atoms with Crippen LogP contribution in [-0.4, -0.2) is 21.0 Å². The molecule has 160 valence electrons. The number of aromatic amines is 1. The summed E-state index contributed by atoms with van der Waals surface area (Å²) in [5.41, 5.74) is 4.08. The van der Waals surface area contributed by atoms with Gasteiger partial charge in [-0.3, -0.25) is 4.79 Å². The van der Waals surface area contributed by atoms with E-state index in [1.165, 1.54) is 0 Å². The number of fused-ring (bicyclic) bond motifs is 1. The van der Waals surface area contributed by atoms with Crippen molar-refractivity contribution in [1.82, 2.24) is 20.4 Å². The van der Waals surface area contributed by atoms with Crippen LogP contribution in [0.5, 0.6) is 5.75 Å². The molecule has 2 aromatic heterocycles. The average Bonchev–Trinajstić information content (AvgIpc) is 3.33. The lowest BCUT2D eigenvalue weighted by molar-refractivity contribution is 0.0923. The summed E-state index contributed by atoms with van der Waals surface area (Å²) in [6.45, 7) is 8.18. The predicted octanol–water partition coefficient (Wildman–Crippen LogP) is 4.87. The van der Waals surface area contributed by atoms with Crippen LogP contribution in [0.25, 0.3) is 11.0 Å². The molecule has 2 heterocycles. The van der Waals surface area contributed by atoms with Crippen molar-refractivity contribution in [1.29, 1.82) is 0 Å². The van der Waals surface area contributed by atoms with Gasteiger partial charge in [-0.2, -0.15) is 0 Å². The van der Waals surface area contributed by atoms with Gasteiger partial charge < -0.3 is 19.6 Å². The number of nitrogens with one attached hydrogen (secondary N) is 2. The number of hydrogen-bond acceptors (Lipinski definition) is 5. The molecular formula is C24H26N4O3. The van der Waals surface area contributed by atoms with E-state index < -0.39 is 0 Å². The van der Waals surface area contributed by atoms with Gasteiger partial charge in [0.15, 0.2) is 0 Å². The first-order valence-electron chi connectivity index (χ1n) is 10.3. The second-order valence-electron chi connectivity index (χ2n) is 7.95. The summed E-state index contributed by atoms with van der Waals surface area (Å²) in [5, 5.41) is 7.05. The highest BCUT2D eigenvalue weighted by molar-refractivity contribution is 5.94. The van der Waals surface area contributed by atoms with E-state index >= 15 is 0 Å². The first kappa shape index (κ1) is 20.7. The maximum absolute atomic E-state index is 13.0. The molecule has 0 fully saturated rings. The SMILES string of the molecule is Cc1noc(C)c1COc1cccc(C(=O)NC(c2nc3ccccc3[nH]2)C(C)C)c1. The molecule has 2 N–H and O–H groups in total. The Morgan fingerprint density at radius 2 is 1.97 bits per heavy atom. The minimum Gasteiger partial charge on any atom is -0.489 e. The van der Waals surface area contributed by atoms with Crippen molar-refractivity contribution in [2.45, 2.75) is 40.3 Å². The van der Waals surface area contributed by atoms with Gasteiger partial charge in [-0.05, 0) is 50.1 Å². The molecule has 1 unspecified atom stereocenters. The highest BCUT2D eigenvalue weighted by atomic mass is 16.5. The number of imidazole rings is 1. The van der Waals surface area contributed by atoms with Gasteiger partial charge in [-0.15, -0.1) is 0 Å². The molecule has 31 heavy (non-hydrogen) atoms. The summed E-state index contributed by atoms with van der Waals surface area (Å²) < 4.78 is 11.1. The number of carbonyl (C=O) groups excluding carboxylic acids is 1. The predicted molar refractivity (Wildman–Crippen MR) is 118 cm³/mol. The Labute approximate surface area is 180 Å². The molecule has 7 nitrogen and oxygen atoms in total. The largest absolute Gasteiger partial charge is 0.489 e. The van der Waals surface area contributed by atoms with Gasteiger partial charge in [0.05, 0.1) is 28.3 Å². The summed E-state index contributed by atoms with van der Waals surface area (Å²) in [7, 11) is 0. The zero-order valence-corrected chi connectivity index (χ0v) is 18.1. The van der Waals surface area contributed by atoms with E-state index in [0.717, 1.165) is 33.9 Å². The number of carbonyl (C=O) groups is 1. The number of H-pyrrole nitrogens is 1. The topological polar surface area (TPSA) is 93.0 Å². The minimum absolute atomic E-state index is 0.156. The van der Waals surface area contributed by atoms with E-state index in [-0.39, 0.29) is 17.9 Å². The molecule has 4 aromatic rings. The lowest BCUT2D eigenvalue weighted by Crippen LogP contribution is -2.32. The van der Waals surface area contributed by atoms with Gasteiger partial charge in [0.2, 0.25) is 0 Å². The van der Waals surface area contributed by atoms with Gasteiger partial charge >= 0.3 is 0 Å². The number of nitrogens with zero attached hydrogens (tertiary/aromatic N) is 2. The number of aromatic nitrogens is 3. The van der Waals surface area contributed by atoms with Crippen molar-refractivity contribution in [3.8, 4) is 5.75 Å². The van der Waals surface area contributed by atoms with E-state index in [4.69, 9.17) is 9.26 Å². The Bertz CT molecular complexity index is 1160. The normalized spacial score (nSPS) is 12.3. The highest BCUT2D eigenvalue weighted by Gasteiger charge is 2.22. The van der Waals surface area contributed by atoms with E-state index in [0.29, 0.717) is 17.9 Å². The van der Waals surface area contributed by atoms with Crippen LogP contribution in [0.4, 0.5) is 0 Å². The lowest BCUT2D eigenvalue weighted by Gasteiger charge is -2.20. The van der Waals surface area contributed by atoms with Crippen molar-refractivity contribution < 1.29 is 14.1 Å². The fraction of sp³-hybridized carbons (Fsp3) is 0.292. The van der Waals surface area contributed by atoms with E-state index in [1.807, 2.05) is 50.2 Å². The van der Waals surface area contributed by atoms with Crippen molar-refractivity contribution in [3.63, 3.8) is 0 Å². The van der Waals surface area contributed by atoms with Crippen molar-refractivity contribution in [3.05, 3.63) is 76.9 Å². The van der Waals surface area contributed by atoms with Crippen LogP contribution < -0.4 is 10.1 Å². The Hall–Kier alpha value is -3.61. The zero-order valence-electron chi connectivity index (χ0n) is 18.1. The molecule has 1 amide bonds. The van der Waals surface area contributed by atoms with Gasteiger partial charge in [-0.1, -0.05) is 37.2 Å². The minimum atomic E-state index is -0.244. The van der Waals surface area contributed by atoms with Gasteiger partial charge in [0.25, 0.3) is 5.91 Å². The average molecular weight is 418 g/mol. The van der Waals surface area contributed by atoms with Crippen LogP contribution in [0.3, 0.4) is 0 Å². The summed E-state index contributed by atoms with van der Waals surface area (Å²) >= 11 is 0. The zero-order chi connectivity index (χ0) is 22.0. The van der Waals surface area contributed by atoms with Crippen LogP contribution >= 0.6 is 0 Å². The molecule has 0 spiro atoms. The number of rotatable bonds is 7. The second kappa shape index (κ2) is 8.63. The molecule has 0 aliphatic heterocycles. The number of benzene rings is 2. The smallest absolute Gasteiger partial charge is 0.252 e. The molecule has 0 aliphatic carbocycles. The van der Waals surface area contributed by atoms with E-state index in [9.17, 15) is 4.79 Å². The standard InChI is InChI=1S/C24H26N4O3/c1-14(2)22(23-25-20-10-5-6-11-21(20)26-23)27-24(29)17-8-7-9-18(12-17)30-13-19-15(3)28-31-16(19)4/h5-12,14,22H,13H2,1-4H3,(H,25,26)(H,27,29). The number of amides is 1. The summed E-state index contributed by atoms with van der Waals surface area (Å²) in [6, 6.07) is 14.7. The number of ether oxygens (including phenoxy) is 1. The van der Waals surface area contributed by atoms with Crippen molar-refractivity contribution in [2.75, 3.05) is 0 Å². The van der Waals surface area contributed by atoms with Gasteiger partial charge in [0, 0.05) is 5.56 Å². The molecule has 0 bridgehead atoms. The molecule has 0 radical (unpaired) electrons.